The molecule has 0 radical (unpaired) electrons. The number of hydrogen-bond donors (Lipinski definition) is 0. The summed E-state index contributed by atoms with van der Waals surface area (Å²) in [5, 5.41) is 8.14. The van der Waals surface area contributed by atoms with E-state index in [1.165, 1.54) is 0 Å². The monoisotopic (exact) mass is 357 g/mol. The molecule has 0 saturated carbocycles. The lowest BCUT2D eigenvalue weighted by Crippen LogP contribution is -2.23. The van der Waals surface area contributed by atoms with Crippen LogP contribution in [0.1, 0.15) is 36.5 Å². The lowest BCUT2D eigenvalue weighted by atomic mass is 10.2. The highest BCUT2D eigenvalue weighted by Crippen LogP contribution is 2.33. The molecule has 1 aromatic carbocycles. The van der Waals surface area contributed by atoms with Crippen molar-refractivity contribution in [3.63, 3.8) is 0 Å². The molecule has 130 valence electrons. The number of thioether (sulfide) groups is 1. The number of hydrogen-bond acceptors (Lipinski definition) is 8. The van der Waals surface area contributed by atoms with Crippen molar-refractivity contribution in [2.24, 2.45) is 0 Å². The van der Waals surface area contributed by atoms with E-state index < -0.39 is 0 Å². The number of aromatic nitrogens is 4. The van der Waals surface area contributed by atoms with Crippen LogP contribution in [0.5, 0.6) is 0 Å². The molecule has 2 aromatic heterocycles. The molecular weight excluding hydrogens is 338 g/mol. The van der Waals surface area contributed by atoms with Gasteiger partial charge in [-0.1, -0.05) is 40.6 Å². The van der Waals surface area contributed by atoms with Gasteiger partial charge in [0.25, 0.3) is 0 Å². The van der Waals surface area contributed by atoms with Crippen molar-refractivity contribution in [3.05, 3.63) is 47.9 Å². The van der Waals surface area contributed by atoms with Gasteiger partial charge in [0.1, 0.15) is 0 Å². The zero-order chi connectivity index (χ0) is 17.1. The van der Waals surface area contributed by atoms with Gasteiger partial charge in [-0.2, -0.15) is 21.7 Å². The third kappa shape index (κ3) is 3.59. The van der Waals surface area contributed by atoms with Gasteiger partial charge in [-0.3, -0.25) is 4.90 Å². The average molecular weight is 357 g/mol. The van der Waals surface area contributed by atoms with Gasteiger partial charge in [-0.25, -0.2) is 0 Å². The van der Waals surface area contributed by atoms with Crippen molar-refractivity contribution in [1.29, 1.82) is 0 Å². The molecule has 7 nitrogen and oxygen atoms in total. The molecule has 1 aliphatic rings. The van der Waals surface area contributed by atoms with E-state index in [-0.39, 0.29) is 6.04 Å². The van der Waals surface area contributed by atoms with Crippen LogP contribution in [-0.2, 0) is 12.3 Å². The zero-order valence-electron chi connectivity index (χ0n) is 14.0. The molecule has 8 heteroatoms. The van der Waals surface area contributed by atoms with E-state index >= 15 is 0 Å². The Hall–Kier alpha value is -2.19. The Labute approximate surface area is 149 Å². The molecule has 3 heterocycles. The first-order valence-electron chi connectivity index (χ1n) is 8.27. The SMILES string of the molecule is CSCc1noc(CN2CCCC2c2nc(-c3ccccc3)no2)n1. The minimum absolute atomic E-state index is 0.0980. The summed E-state index contributed by atoms with van der Waals surface area (Å²) in [5.74, 6) is 3.42. The number of likely N-dealkylation sites (tertiary alicyclic amines) is 1. The minimum Gasteiger partial charge on any atom is -0.338 e. The second-order valence-electron chi connectivity index (χ2n) is 5.99. The topological polar surface area (TPSA) is 81.1 Å². The van der Waals surface area contributed by atoms with Crippen LogP contribution >= 0.6 is 11.8 Å². The van der Waals surface area contributed by atoms with Gasteiger partial charge >= 0.3 is 0 Å². The lowest BCUT2D eigenvalue weighted by Gasteiger charge is -2.18. The maximum atomic E-state index is 5.54. The smallest absolute Gasteiger partial charge is 0.244 e. The summed E-state index contributed by atoms with van der Waals surface area (Å²) in [5.41, 5.74) is 0.959. The van der Waals surface area contributed by atoms with Gasteiger partial charge in [-0.05, 0) is 25.6 Å². The largest absolute Gasteiger partial charge is 0.338 e. The van der Waals surface area contributed by atoms with Crippen molar-refractivity contribution in [1.82, 2.24) is 25.2 Å². The van der Waals surface area contributed by atoms with E-state index in [1.807, 2.05) is 36.6 Å². The van der Waals surface area contributed by atoms with Gasteiger partial charge in [0.15, 0.2) is 5.82 Å². The Morgan fingerprint density at radius 2 is 2.04 bits per heavy atom. The summed E-state index contributed by atoms with van der Waals surface area (Å²) in [6, 6.07) is 9.96. The molecule has 1 aliphatic heterocycles. The summed E-state index contributed by atoms with van der Waals surface area (Å²) < 4.78 is 10.9. The van der Waals surface area contributed by atoms with Crippen LogP contribution in [0.2, 0.25) is 0 Å². The molecule has 0 amide bonds. The second kappa shape index (κ2) is 7.37. The van der Waals surface area contributed by atoms with Gasteiger partial charge in [0.2, 0.25) is 17.6 Å². The first-order valence-corrected chi connectivity index (χ1v) is 9.66. The molecule has 4 rings (SSSR count). The van der Waals surface area contributed by atoms with E-state index in [2.05, 4.69) is 25.2 Å². The summed E-state index contributed by atoms with van der Waals surface area (Å²) in [4.78, 5) is 11.3. The summed E-state index contributed by atoms with van der Waals surface area (Å²) in [6.07, 6.45) is 4.09. The third-order valence-corrected chi connectivity index (χ3v) is 4.79. The molecule has 1 fully saturated rings. The number of nitrogens with zero attached hydrogens (tertiary/aromatic N) is 5. The molecule has 0 spiro atoms. The Balaban J connectivity index is 1.48. The normalized spacial score (nSPS) is 18.0. The molecule has 3 aromatic rings. The molecule has 1 unspecified atom stereocenters. The molecule has 0 bridgehead atoms. The molecule has 1 atom stereocenters. The molecule has 1 saturated heterocycles. The number of benzene rings is 1. The first-order chi connectivity index (χ1) is 12.3. The third-order valence-electron chi connectivity index (χ3n) is 4.24. The van der Waals surface area contributed by atoms with Crippen molar-refractivity contribution in [2.45, 2.75) is 31.2 Å². The first kappa shape index (κ1) is 16.3. The van der Waals surface area contributed by atoms with Crippen molar-refractivity contribution < 1.29 is 9.05 Å². The van der Waals surface area contributed by atoms with Gasteiger partial charge in [0.05, 0.1) is 18.3 Å². The molecule has 25 heavy (non-hydrogen) atoms. The average Bonchev–Trinajstić information content (AvgIpc) is 3.37. The predicted octanol–water partition coefficient (Wildman–Crippen LogP) is 3.32. The van der Waals surface area contributed by atoms with Crippen LogP contribution in [0.4, 0.5) is 0 Å². The molecule has 0 N–H and O–H groups in total. The minimum atomic E-state index is 0.0980. The van der Waals surface area contributed by atoms with Crippen LogP contribution in [0.15, 0.2) is 39.4 Å². The van der Waals surface area contributed by atoms with Gasteiger partial charge < -0.3 is 9.05 Å². The zero-order valence-corrected chi connectivity index (χ0v) is 14.8. The molecular formula is C17H19N5O2S. The predicted molar refractivity (Wildman–Crippen MR) is 93.6 cm³/mol. The summed E-state index contributed by atoms with van der Waals surface area (Å²) >= 11 is 1.68. The van der Waals surface area contributed by atoms with E-state index in [0.717, 1.165) is 36.5 Å². The van der Waals surface area contributed by atoms with Crippen molar-refractivity contribution >= 4 is 11.8 Å². The van der Waals surface area contributed by atoms with E-state index in [4.69, 9.17) is 9.05 Å². The number of rotatable bonds is 6. The van der Waals surface area contributed by atoms with E-state index in [9.17, 15) is 0 Å². The van der Waals surface area contributed by atoms with Crippen molar-refractivity contribution in [3.8, 4) is 11.4 Å². The standard InChI is InChI=1S/C17H19N5O2S/c1-25-11-14-18-15(23-20-14)10-22-9-5-8-13(22)17-19-16(21-24-17)12-6-3-2-4-7-12/h2-4,6-7,13H,5,8-11H2,1H3. The summed E-state index contributed by atoms with van der Waals surface area (Å²) in [7, 11) is 0. The lowest BCUT2D eigenvalue weighted by molar-refractivity contribution is 0.179. The van der Waals surface area contributed by atoms with Crippen LogP contribution in [0.25, 0.3) is 11.4 Å². The van der Waals surface area contributed by atoms with E-state index in [0.29, 0.717) is 24.2 Å². The second-order valence-corrected chi connectivity index (χ2v) is 6.85. The maximum absolute atomic E-state index is 5.54. The fourth-order valence-electron chi connectivity index (χ4n) is 3.09. The van der Waals surface area contributed by atoms with Crippen LogP contribution in [0.3, 0.4) is 0 Å². The van der Waals surface area contributed by atoms with E-state index in [1.54, 1.807) is 11.8 Å². The fraction of sp³-hybridized carbons (Fsp3) is 0.412. The Kier molecular flexibility index (Phi) is 4.80. The van der Waals surface area contributed by atoms with Crippen LogP contribution in [-0.4, -0.2) is 38.0 Å². The van der Waals surface area contributed by atoms with Crippen LogP contribution < -0.4 is 0 Å². The highest BCUT2D eigenvalue weighted by Gasteiger charge is 2.32. The highest BCUT2D eigenvalue weighted by atomic mass is 32.2. The Morgan fingerprint density at radius 1 is 1.16 bits per heavy atom. The Morgan fingerprint density at radius 3 is 2.88 bits per heavy atom. The van der Waals surface area contributed by atoms with Gasteiger partial charge in [-0.15, -0.1) is 0 Å². The van der Waals surface area contributed by atoms with Crippen LogP contribution in [0, 0.1) is 0 Å². The maximum Gasteiger partial charge on any atom is 0.244 e. The quantitative estimate of drug-likeness (QED) is 0.664. The van der Waals surface area contributed by atoms with Crippen molar-refractivity contribution in [2.75, 3.05) is 12.8 Å². The van der Waals surface area contributed by atoms with Gasteiger partial charge in [0, 0.05) is 5.56 Å². The molecule has 0 aliphatic carbocycles. The highest BCUT2D eigenvalue weighted by molar-refractivity contribution is 7.97. The fourth-order valence-corrected chi connectivity index (χ4v) is 3.46. The summed E-state index contributed by atoms with van der Waals surface area (Å²) in [6.45, 7) is 1.56. The Bertz CT molecular complexity index is 819.